The molecule has 1 aromatic heterocycles. The van der Waals surface area contributed by atoms with Gasteiger partial charge in [-0.15, -0.1) is 5.10 Å². The molecule has 0 aliphatic carbocycles. The van der Waals surface area contributed by atoms with Crippen molar-refractivity contribution in [1.82, 2.24) is 14.8 Å². The average Bonchev–Trinajstić information content (AvgIpc) is 2.92. The zero-order valence-corrected chi connectivity index (χ0v) is 18.2. The Labute approximate surface area is 193 Å². The minimum absolute atomic E-state index is 0. The summed E-state index contributed by atoms with van der Waals surface area (Å²) in [6.45, 7) is 0. The number of benzene rings is 1. The van der Waals surface area contributed by atoms with Gasteiger partial charge in [0.1, 0.15) is 10.1 Å². The van der Waals surface area contributed by atoms with Crippen LogP contribution < -0.4 is 47.7 Å². The standard InChI is InChI=1S/C10H12N4O8S4.2Li/c1-23-10-11-9(13-25(2,16)17)14(12-10)7-5-6(24-22-21-15)3-4-8(7)26(18,19)20;;/h3-5,15H,1-2H3,(H,11,12,13)(H,18,19,20);;/q;2*+1/p-2. The molecular weight excluding hydrogens is 446 g/mol. The van der Waals surface area contributed by atoms with Gasteiger partial charge < -0.3 is 9.81 Å². The molecule has 0 spiro atoms. The number of rotatable bonds is 8. The van der Waals surface area contributed by atoms with E-state index in [9.17, 15) is 26.6 Å². The molecule has 1 N–H and O–H groups in total. The number of nitrogens with one attached hydrogen (secondary N) is 1. The zero-order valence-electron chi connectivity index (χ0n) is 15.0. The molecule has 0 bridgehead atoms. The SMILES string of the molecule is CSc1nc(NS(C)(=O)=O)n(-c2cc(SOO[O-])ccc2S(=O)(=O)[O-])n1.[Li+].[Li+]. The summed E-state index contributed by atoms with van der Waals surface area (Å²) in [7, 11) is -8.72. The monoisotopic (exact) mass is 456 g/mol. The number of hydrogen-bond acceptors (Lipinski definition) is 12. The predicted molar refractivity (Wildman–Crippen MR) is 87.6 cm³/mol. The zero-order chi connectivity index (χ0) is 19.5. The van der Waals surface area contributed by atoms with E-state index in [1.54, 1.807) is 6.26 Å². The second kappa shape index (κ2) is 11.3. The molecule has 144 valence electrons. The van der Waals surface area contributed by atoms with Crippen LogP contribution in [0.25, 0.3) is 5.69 Å². The Hall–Kier alpha value is -0.205. The fraction of sp³-hybridized carbons (Fsp3) is 0.200. The van der Waals surface area contributed by atoms with E-state index in [0.29, 0.717) is 12.0 Å². The molecule has 28 heavy (non-hydrogen) atoms. The van der Waals surface area contributed by atoms with Gasteiger partial charge in [0.05, 0.1) is 28.9 Å². The number of sulfonamides is 1. The smallest absolute Gasteiger partial charge is 0.744 e. The number of aromatic nitrogens is 3. The van der Waals surface area contributed by atoms with Gasteiger partial charge >= 0.3 is 37.7 Å². The summed E-state index contributed by atoms with van der Waals surface area (Å²) in [5.74, 6) is -0.329. The van der Waals surface area contributed by atoms with E-state index in [0.717, 1.165) is 34.8 Å². The second-order valence-corrected chi connectivity index (χ2v) is 9.16. The normalized spacial score (nSPS) is 11.4. The second-order valence-electron chi connectivity index (χ2n) is 4.51. The molecule has 0 amide bonds. The number of nitrogens with zero attached hydrogens (tertiary/aromatic N) is 3. The van der Waals surface area contributed by atoms with Gasteiger partial charge in [-0.25, -0.2) is 16.8 Å². The molecule has 0 saturated carbocycles. The van der Waals surface area contributed by atoms with Crippen LogP contribution in [0, 0.1) is 0 Å². The molecule has 0 saturated heterocycles. The summed E-state index contributed by atoms with van der Waals surface area (Å²) in [4.78, 5) is 3.41. The van der Waals surface area contributed by atoms with E-state index < -0.39 is 25.0 Å². The average molecular weight is 456 g/mol. The Bertz CT molecular complexity index is 1010. The Morgan fingerprint density at radius 3 is 2.36 bits per heavy atom. The minimum Gasteiger partial charge on any atom is -0.744 e. The maximum atomic E-state index is 11.6. The first kappa shape index (κ1) is 27.8. The molecule has 0 aliphatic rings. The molecular formula is C10H10Li2N4O8S4. The third-order valence-corrected chi connectivity index (χ3v) is 5.18. The van der Waals surface area contributed by atoms with Gasteiger partial charge in [0.25, 0.3) is 0 Å². The summed E-state index contributed by atoms with van der Waals surface area (Å²) in [6.07, 6.45) is 2.47. The van der Waals surface area contributed by atoms with Crippen molar-refractivity contribution in [3.8, 4) is 5.69 Å². The Balaban J connectivity index is 0.00000364. The molecule has 0 fully saturated rings. The molecule has 18 heteroatoms. The van der Waals surface area contributed by atoms with Gasteiger partial charge in [0, 0.05) is 4.90 Å². The molecule has 2 aromatic rings. The van der Waals surface area contributed by atoms with Crippen molar-refractivity contribution in [1.29, 1.82) is 0 Å². The summed E-state index contributed by atoms with van der Waals surface area (Å²) in [6, 6.07) is 3.29. The predicted octanol–water partition coefficient (Wildman–Crippen LogP) is -6.50. The van der Waals surface area contributed by atoms with Crippen LogP contribution in [0.4, 0.5) is 5.95 Å². The van der Waals surface area contributed by atoms with Crippen LogP contribution in [0.15, 0.2) is 33.1 Å². The van der Waals surface area contributed by atoms with E-state index in [1.807, 2.05) is 0 Å². The van der Waals surface area contributed by atoms with Crippen LogP contribution in [0.1, 0.15) is 0 Å². The van der Waals surface area contributed by atoms with E-state index >= 15 is 0 Å². The van der Waals surface area contributed by atoms with Crippen LogP contribution >= 0.6 is 23.8 Å². The van der Waals surface area contributed by atoms with Crippen molar-refractivity contribution in [3.05, 3.63) is 18.2 Å². The summed E-state index contributed by atoms with van der Waals surface area (Å²) in [5, 5.41) is 17.2. The largest absolute Gasteiger partial charge is 1.00 e. The van der Waals surface area contributed by atoms with Gasteiger partial charge in [0.15, 0.2) is 0 Å². The van der Waals surface area contributed by atoms with Crippen LogP contribution in [0.3, 0.4) is 0 Å². The van der Waals surface area contributed by atoms with E-state index in [1.165, 1.54) is 6.07 Å². The van der Waals surface area contributed by atoms with E-state index in [4.69, 9.17) is 0 Å². The molecule has 1 heterocycles. The van der Waals surface area contributed by atoms with Crippen molar-refractivity contribution in [2.24, 2.45) is 0 Å². The van der Waals surface area contributed by atoms with Crippen LogP contribution in [0.5, 0.6) is 0 Å². The van der Waals surface area contributed by atoms with E-state index in [2.05, 4.69) is 24.2 Å². The van der Waals surface area contributed by atoms with Gasteiger partial charge in [-0.05, 0) is 24.5 Å². The van der Waals surface area contributed by atoms with E-state index in [-0.39, 0.29) is 59.4 Å². The topological polar surface area (TPSA) is 176 Å². The van der Waals surface area contributed by atoms with Crippen molar-refractivity contribution in [2.45, 2.75) is 14.9 Å². The van der Waals surface area contributed by atoms with Crippen LogP contribution in [-0.4, -0.2) is 48.7 Å². The van der Waals surface area contributed by atoms with Gasteiger partial charge in [-0.2, -0.15) is 14.0 Å². The fourth-order valence-electron chi connectivity index (χ4n) is 1.76. The van der Waals surface area contributed by atoms with Gasteiger partial charge in [0.2, 0.25) is 21.1 Å². The number of anilines is 1. The molecule has 1 aromatic carbocycles. The Morgan fingerprint density at radius 1 is 1.21 bits per heavy atom. The Kier molecular flexibility index (Phi) is 11.2. The maximum absolute atomic E-state index is 11.6. The molecule has 0 unspecified atom stereocenters. The molecule has 12 nitrogen and oxygen atoms in total. The Morgan fingerprint density at radius 2 is 1.86 bits per heavy atom. The summed E-state index contributed by atoms with van der Waals surface area (Å²) < 4.78 is 64.8. The summed E-state index contributed by atoms with van der Waals surface area (Å²) in [5.41, 5.74) is -0.293. The maximum Gasteiger partial charge on any atom is 1.00 e. The number of hydrogen-bond donors (Lipinski definition) is 1. The molecule has 0 aliphatic heterocycles. The first-order chi connectivity index (χ1) is 12.0. The molecule has 0 radical (unpaired) electrons. The third-order valence-electron chi connectivity index (χ3n) is 2.63. The first-order valence-corrected chi connectivity index (χ1v) is 11.5. The molecule has 0 atom stereocenters. The third kappa shape index (κ3) is 7.56. The molecule has 2 rings (SSSR count). The van der Waals surface area contributed by atoms with Crippen LogP contribution in [0.2, 0.25) is 0 Å². The quantitative estimate of drug-likeness (QED) is 0.0994. The fourth-order valence-corrected chi connectivity index (χ4v) is 3.59. The van der Waals surface area contributed by atoms with Gasteiger partial charge in [-0.1, -0.05) is 11.8 Å². The minimum atomic E-state index is -4.94. The first-order valence-electron chi connectivity index (χ1n) is 6.27. The number of thioether (sulfide) groups is 1. The van der Waals surface area contributed by atoms with Gasteiger partial charge in [-0.3, -0.25) is 9.76 Å². The van der Waals surface area contributed by atoms with Crippen molar-refractivity contribution >= 4 is 49.9 Å². The van der Waals surface area contributed by atoms with Crippen LogP contribution in [-0.2, 0) is 29.5 Å². The summed E-state index contributed by atoms with van der Waals surface area (Å²) >= 11 is 1.50. The van der Waals surface area contributed by atoms with Crippen molar-refractivity contribution < 1.29 is 73.7 Å². The van der Waals surface area contributed by atoms with Crippen molar-refractivity contribution in [3.63, 3.8) is 0 Å². The van der Waals surface area contributed by atoms with Crippen molar-refractivity contribution in [2.75, 3.05) is 17.2 Å².